The fourth-order valence-corrected chi connectivity index (χ4v) is 1.99. The largest absolute Gasteiger partial charge is 0.486 e. The lowest BCUT2D eigenvalue weighted by molar-refractivity contribution is 0.0528. The zero-order chi connectivity index (χ0) is 15.0. The Balaban J connectivity index is 0.00000176. The molecule has 0 aliphatic carbocycles. The van der Waals surface area contributed by atoms with Gasteiger partial charge in [-0.25, -0.2) is 23.1 Å². The van der Waals surface area contributed by atoms with Crippen LogP contribution in [0.15, 0.2) is 12.4 Å². The number of fused-ring (bicyclic) bond motifs is 2. The van der Waals surface area contributed by atoms with Crippen LogP contribution in [0.3, 0.4) is 0 Å². The van der Waals surface area contributed by atoms with Crippen molar-refractivity contribution < 1.29 is 23.0 Å². The number of ether oxygens (including phenoxy) is 2. The van der Waals surface area contributed by atoms with E-state index in [1.807, 2.05) is 0 Å². The highest BCUT2D eigenvalue weighted by Crippen LogP contribution is 2.29. The second kappa shape index (κ2) is 6.12. The van der Waals surface area contributed by atoms with Crippen LogP contribution >= 0.6 is 0 Å². The van der Waals surface area contributed by atoms with Crippen molar-refractivity contribution in [2.24, 2.45) is 0 Å². The van der Waals surface area contributed by atoms with E-state index in [9.17, 15) is 13.6 Å². The molecular weight excluding hydrogens is 298 g/mol. The minimum absolute atomic E-state index is 0. The first-order chi connectivity index (χ1) is 10.1. The third kappa shape index (κ3) is 2.66. The van der Waals surface area contributed by atoms with Crippen LogP contribution in [0.2, 0.25) is 0 Å². The third-order valence-corrected chi connectivity index (χ3v) is 3.00. The van der Waals surface area contributed by atoms with Gasteiger partial charge in [0, 0.05) is 0 Å². The van der Waals surface area contributed by atoms with E-state index < -0.39 is 18.4 Å². The molecule has 9 heteroatoms. The average Bonchev–Trinajstić information content (AvgIpc) is 2.87. The first-order valence-electron chi connectivity index (χ1n) is 6.33. The number of rotatable bonds is 3. The maximum Gasteiger partial charge on any atom is 0.343 e. The molecule has 0 radical (unpaired) electrons. The average molecular weight is 314 g/mol. The Morgan fingerprint density at radius 2 is 2.41 bits per heavy atom. The van der Waals surface area contributed by atoms with Crippen LogP contribution in [0.5, 0.6) is 5.75 Å². The van der Waals surface area contributed by atoms with E-state index in [-0.39, 0.29) is 37.7 Å². The predicted molar refractivity (Wildman–Crippen MR) is 74.6 cm³/mol. The molecule has 0 fully saturated rings. The van der Waals surface area contributed by atoms with Gasteiger partial charge in [0.1, 0.15) is 18.2 Å². The standard InChI is InChI=1S/C12H12F2N4O3.CH4/c1-2-20-12(19)6-3-15-18-4-8-10(17-11(6)18)16-7(5-21-8)9(13)14;/h3-4,7,9H,2,5H2,1H3,(H,16,17);1H4. The summed E-state index contributed by atoms with van der Waals surface area (Å²) in [5.41, 5.74) is 0.388. The van der Waals surface area contributed by atoms with Gasteiger partial charge in [-0.3, -0.25) is 0 Å². The van der Waals surface area contributed by atoms with Crippen molar-refractivity contribution in [3.8, 4) is 5.75 Å². The highest BCUT2D eigenvalue weighted by Gasteiger charge is 2.29. The molecule has 2 aromatic rings. The number of carbonyl (C=O) groups is 1. The maximum absolute atomic E-state index is 12.7. The van der Waals surface area contributed by atoms with Crippen molar-refractivity contribution in [1.82, 2.24) is 14.6 Å². The van der Waals surface area contributed by atoms with Crippen LogP contribution in [0, 0.1) is 0 Å². The molecule has 0 bridgehead atoms. The van der Waals surface area contributed by atoms with Crippen LogP contribution < -0.4 is 10.1 Å². The third-order valence-electron chi connectivity index (χ3n) is 3.00. The van der Waals surface area contributed by atoms with Gasteiger partial charge in [-0.05, 0) is 6.92 Å². The number of carbonyl (C=O) groups excluding carboxylic acids is 1. The maximum atomic E-state index is 12.7. The number of anilines is 1. The lowest BCUT2D eigenvalue weighted by atomic mass is 10.3. The number of esters is 1. The Hall–Kier alpha value is -2.45. The van der Waals surface area contributed by atoms with E-state index in [1.54, 1.807) is 6.92 Å². The zero-order valence-corrected chi connectivity index (χ0v) is 11.0. The van der Waals surface area contributed by atoms with Crippen LogP contribution in [-0.4, -0.2) is 46.2 Å². The first-order valence-corrected chi connectivity index (χ1v) is 6.33. The van der Waals surface area contributed by atoms with E-state index >= 15 is 0 Å². The molecule has 0 aromatic carbocycles. The second-order valence-electron chi connectivity index (χ2n) is 4.40. The Morgan fingerprint density at radius 1 is 1.64 bits per heavy atom. The highest BCUT2D eigenvalue weighted by atomic mass is 19.3. The molecule has 1 atom stereocenters. The van der Waals surface area contributed by atoms with Gasteiger partial charge >= 0.3 is 5.97 Å². The summed E-state index contributed by atoms with van der Waals surface area (Å²) in [7, 11) is 0. The summed E-state index contributed by atoms with van der Waals surface area (Å²) < 4.78 is 36.9. The number of alkyl halides is 2. The Bertz CT molecular complexity index is 689. The lowest BCUT2D eigenvalue weighted by Gasteiger charge is -2.25. The van der Waals surface area contributed by atoms with Crippen molar-refractivity contribution in [2.45, 2.75) is 26.8 Å². The Morgan fingerprint density at radius 3 is 3.09 bits per heavy atom. The summed E-state index contributed by atoms with van der Waals surface area (Å²) in [4.78, 5) is 15.9. The van der Waals surface area contributed by atoms with Crippen molar-refractivity contribution in [3.05, 3.63) is 18.0 Å². The number of nitrogens with one attached hydrogen (secondary N) is 1. The number of nitrogens with zero attached hydrogens (tertiary/aromatic N) is 3. The molecule has 1 N–H and O–H groups in total. The number of halogens is 2. The normalized spacial score (nSPS) is 16.5. The van der Waals surface area contributed by atoms with Gasteiger partial charge in [0.05, 0.1) is 19.0 Å². The molecule has 1 aliphatic rings. The predicted octanol–water partition coefficient (Wildman–Crippen LogP) is 1.98. The zero-order valence-electron chi connectivity index (χ0n) is 11.0. The van der Waals surface area contributed by atoms with Crippen LogP contribution in [0.1, 0.15) is 24.7 Å². The summed E-state index contributed by atoms with van der Waals surface area (Å²) in [5, 5.41) is 6.58. The molecule has 2 aromatic heterocycles. The van der Waals surface area contributed by atoms with E-state index in [1.165, 1.54) is 16.9 Å². The molecule has 22 heavy (non-hydrogen) atoms. The summed E-state index contributed by atoms with van der Waals surface area (Å²) in [5.74, 6) is -0.106. The fourth-order valence-electron chi connectivity index (χ4n) is 1.99. The summed E-state index contributed by atoms with van der Waals surface area (Å²) in [6.45, 7) is 1.74. The topological polar surface area (TPSA) is 77.8 Å². The van der Waals surface area contributed by atoms with Gasteiger partial charge < -0.3 is 14.8 Å². The molecule has 3 rings (SSSR count). The SMILES string of the molecule is C.CCOC(=O)c1cnn2cc3c(nc12)NC(C(F)F)CO3. The molecule has 1 aliphatic heterocycles. The highest BCUT2D eigenvalue weighted by molar-refractivity contribution is 5.95. The Kier molecular flexibility index (Phi) is 4.43. The summed E-state index contributed by atoms with van der Waals surface area (Å²) >= 11 is 0. The minimum Gasteiger partial charge on any atom is -0.486 e. The fraction of sp³-hybridized carbons (Fsp3) is 0.462. The minimum atomic E-state index is -2.58. The molecule has 120 valence electrons. The van der Waals surface area contributed by atoms with Crippen molar-refractivity contribution in [1.29, 1.82) is 0 Å². The lowest BCUT2D eigenvalue weighted by Crippen LogP contribution is -2.38. The van der Waals surface area contributed by atoms with Gasteiger partial charge in [0.25, 0.3) is 6.43 Å². The van der Waals surface area contributed by atoms with E-state index in [0.717, 1.165) is 0 Å². The van der Waals surface area contributed by atoms with Gasteiger partial charge in [-0.1, -0.05) is 7.43 Å². The molecule has 3 heterocycles. The van der Waals surface area contributed by atoms with Gasteiger partial charge in [0.15, 0.2) is 17.2 Å². The quantitative estimate of drug-likeness (QED) is 0.873. The van der Waals surface area contributed by atoms with E-state index in [0.29, 0.717) is 5.75 Å². The number of hydrogen-bond acceptors (Lipinski definition) is 6. The van der Waals surface area contributed by atoms with E-state index in [4.69, 9.17) is 9.47 Å². The van der Waals surface area contributed by atoms with Crippen molar-refractivity contribution >= 4 is 17.4 Å². The van der Waals surface area contributed by atoms with Crippen LogP contribution in [-0.2, 0) is 4.74 Å². The number of aromatic nitrogens is 3. The summed E-state index contributed by atoms with van der Waals surface area (Å²) in [6.07, 6.45) is 0.219. The molecule has 7 nitrogen and oxygen atoms in total. The van der Waals surface area contributed by atoms with Crippen LogP contribution in [0.4, 0.5) is 14.6 Å². The van der Waals surface area contributed by atoms with Gasteiger partial charge in [-0.15, -0.1) is 0 Å². The monoisotopic (exact) mass is 314 g/mol. The molecular formula is C13H16F2N4O3. The molecule has 0 saturated carbocycles. The first kappa shape index (κ1) is 15.9. The molecule has 0 saturated heterocycles. The van der Waals surface area contributed by atoms with Crippen LogP contribution in [0.25, 0.3) is 5.65 Å². The van der Waals surface area contributed by atoms with Gasteiger partial charge in [0.2, 0.25) is 0 Å². The van der Waals surface area contributed by atoms with Crippen molar-refractivity contribution in [2.75, 3.05) is 18.5 Å². The van der Waals surface area contributed by atoms with Gasteiger partial charge in [-0.2, -0.15) is 5.10 Å². The number of hydrogen-bond donors (Lipinski definition) is 1. The Labute approximate surface area is 125 Å². The molecule has 0 spiro atoms. The smallest absolute Gasteiger partial charge is 0.343 e. The molecule has 0 amide bonds. The second-order valence-corrected chi connectivity index (χ2v) is 4.40. The summed E-state index contributed by atoms with van der Waals surface area (Å²) in [6, 6.07) is -1.14. The van der Waals surface area contributed by atoms with Crippen molar-refractivity contribution in [3.63, 3.8) is 0 Å². The molecule has 1 unspecified atom stereocenters. The van der Waals surface area contributed by atoms with E-state index in [2.05, 4.69) is 15.4 Å².